The van der Waals surface area contributed by atoms with Gasteiger partial charge in [0.2, 0.25) is 0 Å². The van der Waals surface area contributed by atoms with E-state index in [-0.39, 0.29) is 11.9 Å². The van der Waals surface area contributed by atoms with Crippen molar-refractivity contribution in [3.8, 4) is 0 Å². The number of hydrogen-bond acceptors (Lipinski definition) is 1. The monoisotopic (exact) mass is 350 g/mol. The second-order valence-corrected chi connectivity index (χ2v) is 7.30. The molecule has 1 amide bonds. The molecule has 2 N–H and O–H groups in total. The van der Waals surface area contributed by atoms with Crippen molar-refractivity contribution < 1.29 is 4.79 Å². The van der Waals surface area contributed by atoms with Crippen molar-refractivity contribution in [2.24, 2.45) is 5.92 Å². The summed E-state index contributed by atoms with van der Waals surface area (Å²) in [7, 11) is 0. The fourth-order valence-electron chi connectivity index (χ4n) is 2.93. The van der Waals surface area contributed by atoms with Crippen molar-refractivity contribution in [3.63, 3.8) is 0 Å². The van der Waals surface area contributed by atoms with Gasteiger partial charge in [0.1, 0.15) is 5.69 Å². The van der Waals surface area contributed by atoms with Gasteiger partial charge in [-0.05, 0) is 50.8 Å². The Kier molecular flexibility index (Phi) is 7.02. The molecule has 0 aliphatic carbocycles. The maximum atomic E-state index is 12.8. The van der Waals surface area contributed by atoms with E-state index in [2.05, 4.69) is 50.6 Å². The average molecular weight is 351 g/mol. The van der Waals surface area contributed by atoms with Crippen molar-refractivity contribution in [2.75, 3.05) is 0 Å². The Morgan fingerprint density at radius 3 is 2.69 bits per heavy atom. The fourth-order valence-corrected chi connectivity index (χ4v) is 2.93. The first-order valence-corrected chi connectivity index (χ1v) is 9.26. The molecule has 1 heterocycles. The molecule has 0 radical (unpaired) electrons. The third-order valence-electron chi connectivity index (χ3n) is 4.51. The number of carbonyl (C=O) groups excluding carboxylic acids is 1. The molecule has 2 aromatic rings. The van der Waals surface area contributed by atoms with Gasteiger partial charge in [-0.2, -0.15) is 0 Å². The molecule has 1 aromatic heterocycles. The van der Waals surface area contributed by atoms with Gasteiger partial charge in [-0.25, -0.2) is 0 Å². The van der Waals surface area contributed by atoms with Crippen LogP contribution < -0.4 is 5.32 Å². The van der Waals surface area contributed by atoms with Gasteiger partial charge in [0, 0.05) is 10.9 Å². The largest absolute Gasteiger partial charge is 0.351 e. The quantitative estimate of drug-likeness (QED) is 0.589. The molecule has 0 fully saturated rings. The van der Waals surface area contributed by atoms with Crippen molar-refractivity contribution in [2.45, 2.75) is 46.6 Å². The number of rotatable bonds is 8. The molecule has 1 aromatic carbocycles. The summed E-state index contributed by atoms with van der Waals surface area (Å²) in [6.45, 7) is 12.2. The molecule has 0 saturated carbocycles. The van der Waals surface area contributed by atoms with Crippen LogP contribution in [0.25, 0.3) is 10.9 Å². The van der Waals surface area contributed by atoms with E-state index in [1.807, 2.05) is 36.4 Å². The van der Waals surface area contributed by atoms with Crippen LogP contribution in [0.15, 0.2) is 60.7 Å². The van der Waals surface area contributed by atoms with E-state index in [0.29, 0.717) is 11.6 Å². The number of fused-ring (bicyclic) bond motifs is 1. The van der Waals surface area contributed by atoms with E-state index < -0.39 is 0 Å². The number of amides is 1. The maximum absolute atomic E-state index is 12.8. The molecular weight excluding hydrogens is 320 g/mol. The van der Waals surface area contributed by atoms with Crippen LogP contribution in [-0.4, -0.2) is 16.9 Å². The summed E-state index contributed by atoms with van der Waals surface area (Å²) in [6, 6.07) is 8.10. The van der Waals surface area contributed by atoms with E-state index in [4.69, 9.17) is 0 Å². The third kappa shape index (κ3) is 5.48. The van der Waals surface area contributed by atoms with E-state index in [9.17, 15) is 4.79 Å². The SMILES string of the molecule is C=C/C=C\C=C(/C)C(CCC(C)C)NC(=O)c1cc2cc(C)ccc2[nH]1. The molecule has 0 aliphatic heterocycles. The minimum absolute atomic E-state index is 0.0208. The predicted molar refractivity (Wildman–Crippen MR) is 111 cm³/mol. The Morgan fingerprint density at radius 2 is 2.00 bits per heavy atom. The van der Waals surface area contributed by atoms with Gasteiger partial charge in [-0.1, -0.05) is 61.9 Å². The smallest absolute Gasteiger partial charge is 0.268 e. The first-order valence-electron chi connectivity index (χ1n) is 9.26. The summed E-state index contributed by atoms with van der Waals surface area (Å²) < 4.78 is 0. The molecule has 0 saturated heterocycles. The summed E-state index contributed by atoms with van der Waals surface area (Å²) in [5, 5.41) is 4.26. The van der Waals surface area contributed by atoms with Crippen molar-refractivity contribution in [1.82, 2.24) is 10.3 Å². The van der Waals surface area contributed by atoms with E-state index in [1.54, 1.807) is 6.08 Å². The zero-order valence-corrected chi connectivity index (χ0v) is 16.3. The van der Waals surface area contributed by atoms with Crippen molar-refractivity contribution in [3.05, 3.63) is 72.0 Å². The minimum Gasteiger partial charge on any atom is -0.351 e. The van der Waals surface area contributed by atoms with Gasteiger partial charge in [-0.15, -0.1) is 0 Å². The Morgan fingerprint density at radius 1 is 1.23 bits per heavy atom. The van der Waals surface area contributed by atoms with Crippen LogP contribution in [0.5, 0.6) is 0 Å². The van der Waals surface area contributed by atoms with Crippen molar-refractivity contribution in [1.29, 1.82) is 0 Å². The van der Waals surface area contributed by atoms with Gasteiger partial charge < -0.3 is 10.3 Å². The van der Waals surface area contributed by atoms with Gasteiger partial charge in [0.15, 0.2) is 0 Å². The minimum atomic E-state index is -0.0620. The lowest BCUT2D eigenvalue weighted by molar-refractivity contribution is 0.0935. The summed E-state index contributed by atoms with van der Waals surface area (Å²) in [4.78, 5) is 16.0. The highest BCUT2D eigenvalue weighted by Gasteiger charge is 2.17. The molecule has 3 nitrogen and oxygen atoms in total. The lowest BCUT2D eigenvalue weighted by Crippen LogP contribution is -2.36. The molecule has 0 spiro atoms. The van der Waals surface area contributed by atoms with Crippen LogP contribution in [-0.2, 0) is 0 Å². The molecule has 26 heavy (non-hydrogen) atoms. The lowest BCUT2D eigenvalue weighted by atomic mass is 9.98. The summed E-state index contributed by atoms with van der Waals surface area (Å²) in [5.74, 6) is 0.537. The van der Waals surface area contributed by atoms with Gasteiger partial charge in [-0.3, -0.25) is 4.79 Å². The maximum Gasteiger partial charge on any atom is 0.268 e. The predicted octanol–water partition coefficient (Wildman–Crippen LogP) is 5.70. The number of aryl methyl sites for hydroxylation is 1. The van der Waals surface area contributed by atoms with Crippen LogP contribution in [0.2, 0.25) is 0 Å². The first-order chi connectivity index (χ1) is 12.4. The Hall–Kier alpha value is -2.55. The highest BCUT2D eigenvalue weighted by atomic mass is 16.1. The van der Waals surface area contributed by atoms with E-state index in [1.165, 1.54) is 5.56 Å². The zero-order valence-electron chi connectivity index (χ0n) is 16.3. The molecule has 1 unspecified atom stereocenters. The number of benzene rings is 1. The van der Waals surface area contributed by atoms with Crippen LogP contribution in [0, 0.1) is 12.8 Å². The number of hydrogen-bond donors (Lipinski definition) is 2. The first kappa shape index (κ1) is 19.8. The Balaban J connectivity index is 2.18. The molecule has 0 aliphatic rings. The van der Waals surface area contributed by atoms with Gasteiger partial charge in [0.05, 0.1) is 6.04 Å². The van der Waals surface area contributed by atoms with E-state index in [0.717, 1.165) is 29.3 Å². The topological polar surface area (TPSA) is 44.9 Å². The van der Waals surface area contributed by atoms with Gasteiger partial charge in [0.25, 0.3) is 5.91 Å². The number of aromatic amines is 1. The van der Waals surface area contributed by atoms with Crippen LogP contribution in [0.4, 0.5) is 0 Å². The second-order valence-electron chi connectivity index (χ2n) is 7.30. The Labute approximate surface area is 156 Å². The van der Waals surface area contributed by atoms with E-state index >= 15 is 0 Å². The fraction of sp³-hybridized carbons (Fsp3) is 0.348. The number of aromatic nitrogens is 1. The molecule has 138 valence electrons. The Bertz CT molecular complexity index is 824. The number of H-pyrrole nitrogens is 1. The van der Waals surface area contributed by atoms with Crippen molar-refractivity contribution >= 4 is 16.8 Å². The number of allylic oxidation sites excluding steroid dienone is 4. The number of carbonyl (C=O) groups is 1. The highest BCUT2D eigenvalue weighted by molar-refractivity contribution is 5.98. The zero-order chi connectivity index (χ0) is 19.1. The van der Waals surface area contributed by atoms with Crippen LogP contribution in [0.3, 0.4) is 0 Å². The second kappa shape index (κ2) is 9.23. The standard InChI is InChI=1S/C23H30N2O/c1-6-7-8-9-18(5)20(12-10-16(2)3)25-23(26)22-15-19-14-17(4)11-13-21(19)24-22/h6-9,11,13-16,20,24H,1,10,12H2,2-5H3,(H,25,26)/b8-7-,18-9+. The summed E-state index contributed by atoms with van der Waals surface area (Å²) in [6.07, 6.45) is 9.63. The summed E-state index contributed by atoms with van der Waals surface area (Å²) >= 11 is 0. The molecule has 1 atom stereocenters. The molecule has 2 rings (SSSR count). The van der Waals surface area contributed by atoms with Crippen LogP contribution in [0.1, 0.15) is 49.7 Å². The third-order valence-corrected chi connectivity index (χ3v) is 4.51. The normalized spacial score (nSPS) is 13.5. The average Bonchev–Trinajstić information content (AvgIpc) is 3.01. The molecular formula is C23H30N2O. The molecule has 3 heteroatoms. The highest BCUT2D eigenvalue weighted by Crippen LogP contribution is 2.18. The lowest BCUT2D eigenvalue weighted by Gasteiger charge is -2.20. The summed E-state index contributed by atoms with van der Waals surface area (Å²) in [5.41, 5.74) is 3.92. The van der Waals surface area contributed by atoms with Crippen LogP contribution >= 0.6 is 0 Å². The molecule has 0 bridgehead atoms. The number of nitrogens with one attached hydrogen (secondary N) is 2. The van der Waals surface area contributed by atoms with Gasteiger partial charge >= 0.3 is 0 Å².